The van der Waals surface area contributed by atoms with Crippen molar-refractivity contribution < 1.29 is 9.84 Å². The molecule has 82 valence electrons. The van der Waals surface area contributed by atoms with E-state index in [4.69, 9.17) is 4.74 Å². The second-order valence-electron chi connectivity index (χ2n) is 4.73. The molecule has 0 spiro atoms. The van der Waals surface area contributed by atoms with E-state index in [9.17, 15) is 5.11 Å². The van der Waals surface area contributed by atoms with Gasteiger partial charge in [0.25, 0.3) is 0 Å². The Labute approximate surface area is 85.8 Å². The molecule has 3 nitrogen and oxygen atoms in total. The first-order chi connectivity index (χ1) is 6.85. The maximum absolute atomic E-state index is 9.28. The molecular weight excluding hydrogens is 178 g/mol. The molecule has 0 amide bonds. The highest BCUT2D eigenvalue weighted by Gasteiger charge is 2.36. The minimum Gasteiger partial charge on any atom is -0.394 e. The number of aliphatic hydroxyl groups is 1. The molecule has 0 aromatic carbocycles. The van der Waals surface area contributed by atoms with Gasteiger partial charge < -0.3 is 15.2 Å². The van der Waals surface area contributed by atoms with Gasteiger partial charge in [0.1, 0.15) is 0 Å². The summed E-state index contributed by atoms with van der Waals surface area (Å²) in [6.07, 6.45) is 5.91. The predicted octanol–water partition coefficient (Wildman–Crippen LogP) is 0.918. The first kappa shape index (κ1) is 10.4. The lowest BCUT2D eigenvalue weighted by atomic mass is 9.77. The number of hydrogen-bond acceptors (Lipinski definition) is 3. The zero-order valence-corrected chi connectivity index (χ0v) is 8.80. The van der Waals surface area contributed by atoms with Gasteiger partial charge in [0.15, 0.2) is 0 Å². The fraction of sp³-hybridized carbons (Fsp3) is 1.00. The van der Waals surface area contributed by atoms with Crippen LogP contribution in [0.2, 0.25) is 0 Å². The van der Waals surface area contributed by atoms with Crippen molar-refractivity contribution in [1.82, 2.24) is 5.32 Å². The van der Waals surface area contributed by atoms with Crippen molar-refractivity contribution in [2.45, 2.75) is 37.6 Å². The summed E-state index contributed by atoms with van der Waals surface area (Å²) in [7, 11) is 0. The molecule has 1 heterocycles. The molecule has 0 bridgehead atoms. The van der Waals surface area contributed by atoms with Crippen LogP contribution in [0, 0.1) is 5.92 Å². The van der Waals surface area contributed by atoms with Gasteiger partial charge in [-0.05, 0) is 44.6 Å². The second-order valence-corrected chi connectivity index (χ2v) is 4.73. The molecule has 1 aliphatic carbocycles. The van der Waals surface area contributed by atoms with Crippen LogP contribution in [0.25, 0.3) is 0 Å². The van der Waals surface area contributed by atoms with Crippen LogP contribution in [0.3, 0.4) is 0 Å². The summed E-state index contributed by atoms with van der Waals surface area (Å²) in [4.78, 5) is 0. The van der Waals surface area contributed by atoms with Crippen molar-refractivity contribution in [2.75, 3.05) is 26.4 Å². The topological polar surface area (TPSA) is 41.5 Å². The van der Waals surface area contributed by atoms with Gasteiger partial charge in [-0.3, -0.25) is 0 Å². The molecule has 0 aromatic heterocycles. The Morgan fingerprint density at radius 1 is 1.29 bits per heavy atom. The third-order valence-electron chi connectivity index (χ3n) is 3.72. The Bertz CT molecular complexity index is 169. The van der Waals surface area contributed by atoms with Gasteiger partial charge in [-0.2, -0.15) is 0 Å². The van der Waals surface area contributed by atoms with E-state index in [1.807, 2.05) is 0 Å². The van der Waals surface area contributed by atoms with Crippen LogP contribution in [-0.4, -0.2) is 37.0 Å². The Hall–Kier alpha value is -0.120. The van der Waals surface area contributed by atoms with E-state index in [-0.39, 0.29) is 5.54 Å². The van der Waals surface area contributed by atoms with Crippen LogP contribution < -0.4 is 5.32 Å². The molecule has 0 aromatic rings. The first-order valence-corrected chi connectivity index (χ1v) is 5.78. The van der Waals surface area contributed by atoms with Crippen LogP contribution in [0.15, 0.2) is 0 Å². The zero-order chi connectivity index (χ0) is 9.86. The molecule has 1 saturated carbocycles. The number of rotatable bonds is 4. The summed E-state index contributed by atoms with van der Waals surface area (Å²) in [5.41, 5.74) is 0.0817. The fourth-order valence-corrected chi connectivity index (χ4v) is 2.31. The molecule has 1 aliphatic heterocycles. The van der Waals surface area contributed by atoms with Crippen LogP contribution in [0.1, 0.15) is 32.1 Å². The van der Waals surface area contributed by atoms with E-state index >= 15 is 0 Å². The third-order valence-corrected chi connectivity index (χ3v) is 3.72. The monoisotopic (exact) mass is 199 g/mol. The van der Waals surface area contributed by atoms with Crippen LogP contribution >= 0.6 is 0 Å². The largest absolute Gasteiger partial charge is 0.394 e. The van der Waals surface area contributed by atoms with Crippen molar-refractivity contribution in [1.29, 1.82) is 0 Å². The highest BCUT2D eigenvalue weighted by atomic mass is 16.5. The fourth-order valence-electron chi connectivity index (χ4n) is 2.31. The van der Waals surface area contributed by atoms with E-state index in [1.54, 1.807) is 0 Å². The molecule has 3 heteroatoms. The lowest BCUT2D eigenvalue weighted by Crippen LogP contribution is -2.55. The van der Waals surface area contributed by atoms with Gasteiger partial charge in [-0.1, -0.05) is 0 Å². The molecule has 0 radical (unpaired) electrons. The third kappa shape index (κ3) is 2.27. The van der Waals surface area contributed by atoms with Gasteiger partial charge in [0, 0.05) is 18.8 Å². The maximum Gasteiger partial charge on any atom is 0.0613 e. The van der Waals surface area contributed by atoms with Gasteiger partial charge >= 0.3 is 0 Å². The Morgan fingerprint density at radius 2 is 2.00 bits per heavy atom. The summed E-state index contributed by atoms with van der Waals surface area (Å²) in [6, 6.07) is 0. The first-order valence-electron chi connectivity index (χ1n) is 5.78. The number of aliphatic hydroxyl groups excluding tert-OH is 1. The predicted molar refractivity (Wildman–Crippen MR) is 55.2 cm³/mol. The van der Waals surface area contributed by atoms with E-state index in [1.165, 1.54) is 19.3 Å². The van der Waals surface area contributed by atoms with E-state index in [2.05, 4.69) is 5.32 Å². The number of nitrogens with one attached hydrogen (secondary N) is 1. The maximum atomic E-state index is 9.28. The van der Waals surface area contributed by atoms with Crippen LogP contribution in [0.5, 0.6) is 0 Å². The Morgan fingerprint density at radius 3 is 2.50 bits per heavy atom. The quantitative estimate of drug-likeness (QED) is 0.707. The Balaban J connectivity index is 1.69. The average molecular weight is 199 g/mol. The molecule has 0 unspecified atom stereocenters. The summed E-state index contributed by atoms with van der Waals surface area (Å²) in [6.45, 7) is 3.19. The van der Waals surface area contributed by atoms with Crippen molar-refractivity contribution in [3.8, 4) is 0 Å². The molecule has 2 N–H and O–H groups in total. The lowest BCUT2D eigenvalue weighted by Gasteiger charge is -2.42. The van der Waals surface area contributed by atoms with Gasteiger partial charge in [-0.15, -0.1) is 0 Å². The van der Waals surface area contributed by atoms with Gasteiger partial charge in [-0.25, -0.2) is 0 Å². The van der Waals surface area contributed by atoms with Crippen LogP contribution in [0.4, 0.5) is 0 Å². The minimum atomic E-state index is 0.0817. The standard InChI is InChI=1S/C11H21NO2/c13-9-11(4-1-5-11)12-8-10-2-6-14-7-3-10/h10,12-13H,1-9H2. The summed E-state index contributed by atoms with van der Waals surface area (Å²) in [5.74, 6) is 0.757. The molecule has 2 rings (SSSR count). The summed E-state index contributed by atoms with van der Waals surface area (Å²) >= 11 is 0. The highest BCUT2D eigenvalue weighted by Crippen LogP contribution is 2.31. The molecule has 1 saturated heterocycles. The van der Waals surface area contributed by atoms with E-state index in [0.29, 0.717) is 6.61 Å². The lowest BCUT2D eigenvalue weighted by molar-refractivity contribution is 0.0482. The normalized spacial score (nSPS) is 27.2. The van der Waals surface area contributed by atoms with Crippen molar-refractivity contribution in [3.05, 3.63) is 0 Å². The van der Waals surface area contributed by atoms with Crippen molar-refractivity contribution in [2.24, 2.45) is 5.92 Å². The molecule has 2 aliphatic rings. The average Bonchev–Trinajstić information content (AvgIpc) is 2.19. The van der Waals surface area contributed by atoms with Crippen molar-refractivity contribution >= 4 is 0 Å². The summed E-state index contributed by atoms with van der Waals surface area (Å²) < 4.78 is 5.32. The molecular formula is C11H21NO2. The highest BCUT2D eigenvalue weighted by molar-refractivity contribution is 4.95. The van der Waals surface area contributed by atoms with Crippen molar-refractivity contribution in [3.63, 3.8) is 0 Å². The smallest absolute Gasteiger partial charge is 0.0613 e. The number of hydrogen-bond donors (Lipinski definition) is 2. The van der Waals surface area contributed by atoms with E-state index < -0.39 is 0 Å². The molecule has 0 atom stereocenters. The second kappa shape index (κ2) is 4.60. The van der Waals surface area contributed by atoms with Crippen LogP contribution in [-0.2, 0) is 4.74 Å². The number of ether oxygens (including phenoxy) is 1. The van der Waals surface area contributed by atoms with Gasteiger partial charge in [0.05, 0.1) is 6.61 Å². The molecule has 2 fully saturated rings. The zero-order valence-electron chi connectivity index (χ0n) is 8.80. The summed E-state index contributed by atoms with van der Waals surface area (Å²) in [5, 5.41) is 12.8. The Kier molecular flexibility index (Phi) is 3.42. The SMILES string of the molecule is OCC1(NCC2CCOCC2)CCC1. The van der Waals surface area contributed by atoms with E-state index in [0.717, 1.165) is 38.5 Å². The van der Waals surface area contributed by atoms with Gasteiger partial charge in [0.2, 0.25) is 0 Å². The minimum absolute atomic E-state index is 0.0817. The molecule has 14 heavy (non-hydrogen) atoms.